The van der Waals surface area contributed by atoms with Crippen molar-refractivity contribution in [3.05, 3.63) is 60.7 Å². The summed E-state index contributed by atoms with van der Waals surface area (Å²) < 4.78 is 33.6. The average Bonchev–Trinajstić information content (AvgIpc) is 3.38. The number of carbonyl (C=O) groups is 2. The second kappa shape index (κ2) is 17.3. The van der Waals surface area contributed by atoms with E-state index < -0.39 is 35.7 Å². The number of hydrogen-bond donors (Lipinski definition) is 3. The van der Waals surface area contributed by atoms with Crippen LogP contribution in [0.1, 0.15) is 64.4 Å². The molecule has 1 fully saturated rings. The molecule has 0 aliphatic heterocycles. The number of rotatable bonds is 18. The second-order valence-electron chi connectivity index (χ2n) is 10.9. The molecule has 7 nitrogen and oxygen atoms in total. The first-order chi connectivity index (χ1) is 19.1. The van der Waals surface area contributed by atoms with Crippen LogP contribution in [-0.4, -0.2) is 72.4 Å². The first-order valence-corrected chi connectivity index (χ1v) is 14.4. The molecule has 2 amide bonds. The lowest BCUT2D eigenvalue weighted by atomic mass is 9.98. The summed E-state index contributed by atoms with van der Waals surface area (Å²) in [4.78, 5) is 28.0. The van der Waals surface area contributed by atoms with E-state index in [1.807, 2.05) is 6.92 Å². The summed E-state index contributed by atoms with van der Waals surface area (Å²) in [7, 11) is 1.60. The van der Waals surface area contributed by atoms with Gasteiger partial charge < -0.3 is 25.4 Å². The number of nitrogens with zero attached hydrogens (tertiary/aromatic N) is 1. The van der Waals surface area contributed by atoms with Gasteiger partial charge in [0.05, 0.1) is 24.9 Å². The molecule has 0 radical (unpaired) electrons. The molecule has 0 saturated heterocycles. The van der Waals surface area contributed by atoms with Crippen molar-refractivity contribution in [2.75, 3.05) is 20.2 Å². The summed E-state index contributed by atoms with van der Waals surface area (Å²) >= 11 is 0. The Morgan fingerprint density at radius 1 is 1.20 bits per heavy atom. The molecule has 1 saturated carbocycles. The average molecular weight is 564 g/mol. The molecule has 9 heteroatoms. The van der Waals surface area contributed by atoms with Crippen LogP contribution in [0.5, 0.6) is 0 Å². The highest BCUT2D eigenvalue weighted by Gasteiger charge is 2.32. The number of likely N-dealkylation sites (N-methyl/N-ethyl adjacent to an activating group) is 1. The molecule has 0 unspecified atom stereocenters. The van der Waals surface area contributed by atoms with E-state index in [1.165, 1.54) is 17.0 Å². The largest absolute Gasteiger partial charge is 0.390 e. The Morgan fingerprint density at radius 3 is 2.52 bits per heavy atom. The van der Waals surface area contributed by atoms with Crippen molar-refractivity contribution < 1.29 is 28.2 Å². The number of halogens is 2. The molecule has 0 heterocycles. The fourth-order valence-electron chi connectivity index (χ4n) is 5.19. The molecule has 0 aromatic heterocycles. The summed E-state index contributed by atoms with van der Waals surface area (Å²) in [6.07, 6.45) is 7.73. The molecule has 2 rings (SSSR count). The van der Waals surface area contributed by atoms with Crippen LogP contribution < -0.4 is 10.6 Å². The third-order valence-electron chi connectivity index (χ3n) is 7.54. The fourth-order valence-corrected chi connectivity index (χ4v) is 5.19. The van der Waals surface area contributed by atoms with Crippen LogP contribution in [0, 0.1) is 17.6 Å². The maximum atomic E-state index is 13.9. The normalized spacial score (nSPS) is 19.9. The minimum atomic E-state index is -1.06. The zero-order valence-electron chi connectivity index (χ0n) is 24.2. The molecular formula is C31H47F2N3O4. The fraction of sp³-hybridized carbons (Fsp3) is 0.613. The van der Waals surface area contributed by atoms with Gasteiger partial charge in [-0.15, -0.1) is 13.2 Å². The van der Waals surface area contributed by atoms with Gasteiger partial charge in [-0.1, -0.05) is 38.8 Å². The van der Waals surface area contributed by atoms with Crippen LogP contribution in [0.2, 0.25) is 0 Å². The Hall–Kier alpha value is -2.62. The molecule has 224 valence electrons. The van der Waals surface area contributed by atoms with Crippen molar-refractivity contribution in [3.8, 4) is 0 Å². The number of nitrogens with one attached hydrogen (secondary N) is 2. The predicted octanol–water partition coefficient (Wildman–Crippen LogP) is 4.30. The van der Waals surface area contributed by atoms with Gasteiger partial charge in [0.1, 0.15) is 17.7 Å². The SMILES string of the molecule is C=CCO[C@H]1CC[C@@H](NC[C@@H](O)[C@H](Cc2cc(F)cc(F)c2)NC(=O)[C@H](CC=C)N(C)C(=O)[C@@H](C)CCCC)C1. The number of ether oxygens (including phenoxy) is 1. The van der Waals surface area contributed by atoms with Crippen LogP contribution in [0.25, 0.3) is 0 Å². The maximum absolute atomic E-state index is 13.9. The quantitative estimate of drug-likeness (QED) is 0.232. The number of amides is 2. The van der Waals surface area contributed by atoms with Gasteiger partial charge in [0.25, 0.3) is 0 Å². The molecular weight excluding hydrogens is 516 g/mol. The van der Waals surface area contributed by atoms with E-state index in [-0.39, 0.29) is 43.4 Å². The van der Waals surface area contributed by atoms with Crippen molar-refractivity contribution in [3.63, 3.8) is 0 Å². The molecule has 1 aliphatic carbocycles. The van der Waals surface area contributed by atoms with Crippen molar-refractivity contribution in [1.29, 1.82) is 0 Å². The second-order valence-corrected chi connectivity index (χ2v) is 10.9. The lowest BCUT2D eigenvalue weighted by molar-refractivity contribution is -0.142. The van der Waals surface area contributed by atoms with Crippen molar-refractivity contribution in [2.45, 2.75) is 95.5 Å². The third kappa shape index (κ3) is 10.7. The van der Waals surface area contributed by atoms with E-state index in [2.05, 4.69) is 30.7 Å². The van der Waals surface area contributed by atoms with Gasteiger partial charge >= 0.3 is 0 Å². The van der Waals surface area contributed by atoms with Crippen molar-refractivity contribution in [1.82, 2.24) is 15.5 Å². The van der Waals surface area contributed by atoms with Crippen LogP contribution >= 0.6 is 0 Å². The number of benzene rings is 1. The van der Waals surface area contributed by atoms with Gasteiger partial charge in [-0.3, -0.25) is 9.59 Å². The van der Waals surface area contributed by atoms with Gasteiger partial charge in [0.15, 0.2) is 0 Å². The van der Waals surface area contributed by atoms with Crippen LogP contribution in [0.4, 0.5) is 8.78 Å². The number of aliphatic hydroxyl groups is 1. The Kier molecular flexibility index (Phi) is 14.5. The zero-order valence-corrected chi connectivity index (χ0v) is 24.2. The number of carbonyl (C=O) groups excluding carboxylic acids is 2. The number of aliphatic hydroxyl groups excluding tert-OH is 1. The summed E-state index contributed by atoms with van der Waals surface area (Å²) in [6.45, 7) is 12.0. The number of hydrogen-bond acceptors (Lipinski definition) is 5. The zero-order chi connectivity index (χ0) is 29.7. The molecule has 1 aliphatic rings. The smallest absolute Gasteiger partial charge is 0.243 e. The molecule has 40 heavy (non-hydrogen) atoms. The molecule has 1 aromatic carbocycles. The van der Waals surface area contributed by atoms with Crippen molar-refractivity contribution >= 4 is 11.8 Å². The van der Waals surface area contributed by atoms with Crippen LogP contribution in [0.15, 0.2) is 43.5 Å². The highest BCUT2D eigenvalue weighted by atomic mass is 19.1. The Labute approximate surface area is 238 Å². The monoisotopic (exact) mass is 563 g/mol. The van der Waals surface area contributed by atoms with E-state index in [0.717, 1.165) is 44.6 Å². The first-order valence-electron chi connectivity index (χ1n) is 14.4. The number of unbranched alkanes of at least 4 members (excludes halogenated alkanes) is 1. The van der Waals surface area contributed by atoms with Gasteiger partial charge in [0, 0.05) is 31.6 Å². The minimum Gasteiger partial charge on any atom is -0.390 e. The summed E-state index contributed by atoms with van der Waals surface area (Å²) in [5, 5.41) is 17.4. The van der Waals surface area contributed by atoms with Gasteiger partial charge in [-0.05, 0) is 56.2 Å². The molecule has 3 N–H and O–H groups in total. The van der Waals surface area contributed by atoms with Crippen LogP contribution in [0.3, 0.4) is 0 Å². The molecule has 0 bridgehead atoms. The lowest BCUT2D eigenvalue weighted by Gasteiger charge is -2.32. The molecule has 6 atom stereocenters. The first kappa shape index (κ1) is 33.6. The predicted molar refractivity (Wildman–Crippen MR) is 154 cm³/mol. The van der Waals surface area contributed by atoms with E-state index in [1.54, 1.807) is 19.2 Å². The topological polar surface area (TPSA) is 90.9 Å². The highest BCUT2D eigenvalue weighted by Crippen LogP contribution is 2.22. The summed E-state index contributed by atoms with van der Waals surface area (Å²) in [5.74, 6) is -2.31. The van der Waals surface area contributed by atoms with Gasteiger partial charge in [-0.25, -0.2) is 8.78 Å². The van der Waals surface area contributed by atoms with Gasteiger partial charge in [0.2, 0.25) is 11.8 Å². The van der Waals surface area contributed by atoms with E-state index in [0.29, 0.717) is 12.2 Å². The molecule has 0 spiro atoms. The Bertz CT molecular complexity index is 956. The summed E-state index contributed by atoms with van der Waals surface area (Å²) in [5.41, 5.74) is 0.304. The van der Waals surface area contributed by atoms with E-state index in [9.17, 15) is 23.5 Å². The van der Waals surface area contributed by atoms with Crippen LogP contribution in [-0.2, 0) is 20.7 Å². The minimum absolute atomic E-state index is 0.00434. The molecule has 1 aromatic rings. The van der Waals surface area contributed by atoms with E-state index in [4.69, 9.17) is 4.74 Å². The highest BCUT2D eigenvalue weighted by molar-refractivity contribution is 5.88. The maximum Gasteiger partial charge on any atom is 0.243 e. The van der Waals surface area contributed by atoms with E-state index >= 15 is 0 Å². The lowest BCUT2D eigenvalue weighted by Crippen LogP contribution is -2.55. The standard InChI is InChI=1S/C31H47F2N3O4/c1-6-9-11-21(4)31(39)36(5)28(10-7-2)30(38)35-27(17-22-15-23(32)18-24(33)16-22)29(37)20-34-25-12-13-26(19-25)40-14-8-3/h7-8,15-16,18,21,25-29,34,37H,2-3,6,9-14,17,19-20H2,1,4-5H3,(H,35,38)/t21-,25+,26-,27-,28-,29+/m0/s1. The third-order valence-corrected chi connectivity index (χ3v) is 7.54. The van der Waals surface area contributed by atoms with Gasteiger partial charge in [-0.2, -0.15) is 0 Å². The van der Waals surface area contributed by atoms with Crippen molar-refractivity contribution in [2.24, 2.45) is 5.92 Å². The Morgan fingerprint density at radius 2 is 1.90 bits per heavy atom. The summed E-state index contributed by atoms with van der Waals surface area (Å²) in [6, 6.07) is 1.59. The Balaban J connectivity index is 2.15.